The van der Waals surface area contributed by atoms with Crippen LogP contribution in [0.25, 0.3) is 0 Å². The Kier molecular flexibility index (Phi) is 13.2. The second-order valence-electron chi connectivity index (χ2n) is 12.1. The monoisotopic (exact) mass is 780 g/mol. The van der Waals surface area contributed by atoms with E-state index in [9.17, 15) is 18.0 Å². The number of aromatic nitrogens is 2. The average molecular weight is 781 g/mol. The van der Waals surface area contributed by atoms with Gasteiger partial charge in [-0.1, -0.05) is 11.6 Å². The smallest absolute Gasteiger partial charge is 0.410 e. The maximum atomic E-state index is 15.6. The van der Waals surface area contributed by atoms with Gasteiger partial charge in [-0.3, -0.25) is 4.79 Å². The molecule has 0 radical (unpaired) electrons. The quantitative estimate of drug-likeness (QED) is 0.137. The Hall–Kier alpha value is -4.74. The Morgan fingerprint density at radius 3 is 2.38 bits per heavy atom. The molecule has 0 saturated carbocycles. The van der Waals surface area contributed by atoms with Crippen LogP contribution in [0.15, 0.2) is 59.8 Å². The molecule has 3 aromatic carbocycles. The fourth-order valence-corrected chi connectivity index (χ4v) is 7.22. The maximum absolute atomic E-state index is 15.6. The minimum absolute atomic E-state index is 0.0892. The molecule has 4 rings (SSSR count). The molecule has 4 aromatic rings. The molecule has 0 bridgehead atoms. The van der Waals surface area contributed by atoms with Gasteiger partial charge in [0.05, 0.1) is 26.3 Å². The summed E-state index contributed by atoms with van der Waals surface area (Å²) in [6, 6.07) is 10.5. The summed E-state index contributed by atoms with van der Waals surface area (Å²) in [7, 11) is -1.89. The van der Waals surface area contributed by atoms with E-state index in [2.05, 4.69) is 20.0 Å². The molecule has 1 aromatic heterocycles. The molecule has 0 aliphatic rings. The summed E-state index contributed by atoms with van der Waals surface area (Å²) in [6.07, 6.45) is 0.654. The highest BCUT2D eigenvalue weighted by Gasteiger charge is 2.32. The summed E-state index contributed by atoms with van der Waals surface area (Å²) in [4.78, 5) is 30.3. The fourth-order valence-electron chi connectivity index (χ4n) is 4.85. The molecule has 0 fully saturated rings. The SMILES string of the molecule is CCN(CCNc1cc(Cl)ccc1C(=O)NCc1cc(F)c(S(=O)(=O)N(Cc2ccc(OC)cc2OC)c2ncns2)cc1F)C(=O)OC(C)(C)C. The number of sulfonamides is 1. The number of hydrogen-bond donors (Lipinski definition) is 2. The van der Waals surface area contributed by atoms with E-state index >= 15 is 8.78 Å². The van der Waals surface area contributed by atoms with E-state index in [0.29, 0.717) is 46.4 Å². The van der Waals surface area contributed by atoms with Gasteiger partial charge in [-0.15, -0.1) is 0 Å². The Morgan fingerprint density at radius 2 is 1.75 bits per heavy atom. The first-order valence-corrected chi connectivity index (χ1v) is 18.4. The van der Waals surface area contributed by atoms with Gasteiger partial charge >= 0.3 is 6.09 Å². The molecule has 0 saturated heterocycles. The lowest BCUT2D eigenvalue weighted by molar-refractivity contribution is 0.0267. The molecule has 0 atom stereocenters. The summed E-state index contributed by atoms with van der Waals surface area (Å²) in [5.74, 6) is -2.21. The highest BCUT2D eigenvalue weighted by Crippen LogP contribution is 2.33. The number of rotatable bonds is 15. The minimum Gasteiger partial charge on any atom is -0.497 e. The van der Waals surface area contributed by atoms with Crippen LogP contribution in [0, 0.1) is 11.6 Å². The second kappa shape index (κ2) is 17.2. The van der Waals surface area contributed by atoms with Crippen molar-refractivity contribution in [1.82, 2.24) is 19.6 Å². The number of carbonyl (C=O) groups excluding carboxylic acids is 2. The van der Waals surface area contributed by atoms with E-state index in [1.54, 1.807) is 45.9 Å². The lowest BCUT2D eigenvalue weighted by Gasteiger charge is -2.26. The standard InChI is InChI=1S/C34H39ClF2N6O7S2/c1-7-42(33(45)50-34(2,3)4)13-12-38-28-15-23(35)9-11-25(28)31(44)39-18-22-14-27(37)30(17-26(22)36)52(46,47)43(32-40-20-41-51-32)19-21-8-10-24(48-5)16-29(21)49-6/h8-11,14-17,20,38H,7,12-13,18-19H2,1-6H3,(H,39,44). The fraction of sp³-hybridized carbons (Fsp3) is 0.353. The number of amides is 2. The lowest BCUT2D eigenvalue weighted by atomic mass is 10.1. The van der Waals surface area contributed by atoms with Gasteiger partial charge < -0.3 is 29.7 Å². The maximum Gasteiger partial charge on any atom is 0.410 e. The van der Waals surface area contributed by atoms with E-state index in [4.69, 9.17) is 25.8 Å². The summed E-state index contributed by atoms with van der Waals surface area (Å²) in [5.41, 5.74) is -0.0955. The van der Waals surface area contributed by atoms with Gasteiger partial charge in [-0.05, 0) is 70.2 Å². The zero-order valence-electron chi connectivity index (χ0n) is 29.3. The van der Waals surface area contributed by atoms with Crippen LogP contribution in [0.2, 0.25) is 5.02 Å². The van der Waals surface area contributed by atoms with Gasteiger partial charge in [0.25, 0.3) is 15.9 Å². The number of methoxy groups -OCH3 is 2. The van der Waals surface area contributed by atoms with Crippen molar-refractivity contribution in [3.8, 4) is 11.5 Å². The van der Waals surface area contributed by atoms with Crippen LogP contribution in [-0.2, 0) is 27.8 Å². The van der Waals surface area contributed by atoms with Gasteiger partial charge in [0.2, 0.25) is 5.13 Å². The number of nitrogens with zero attached hydrogens (tertiary/aromatic N) is 4. The molecule has 0 aliphatic carbocycles. The molecule has 52 heavy (non-hydrogen) atoms. The van der Waals surface area contributed by atoms with Crippen molar-refractivity contribution >= 4 is 56.0 Å². The Labute approximate surface area is 310 Å². The van der Waals surface area contributed by atoms with Crippen molar-refractivity contribution < 1.29 is 41.0 Å². The number of benzene rings is 3. The van der Waals surface area contributed by atoms with Crippen LogP contribution in [0.4, 0.5) is 24.4 Å². The molecule has 0 aliphatic heterocycles. The molecular weight excluding hydrogens is 742 g/mol. The average Bonchev–Trinajstić information content (AvgIpc) is 3.62. The molecule has 280 valence electrons. The van der Waals surface area contributed by atoms with Crippen molar-refractivity contribution in [3.05, 3.63) is 88.2 Å². The van der Waals surface area contributed by atoms with Crippen molar-refractivity contribution in [2.45, 2.75) is 51.3 Å². The van der Waals surface area contributed by atoms with Crippen LogP contribution >= 0.6 is 23.1 Å². The predicted molar refractivity (Wildman–Crippen MR) is 194 cm³/mol. The number of hydrogen-bond acceptors (Lipinski definition) is 11. The van der Waals surface area contributed by atoms with Gasteiger partial charge in [-0.2, -0.15) is 4.37 Å². The van der Waals surface area contributed by atoms with Crippen LogP contribution < -0.4 is 24.4 Å². The first-order valence-electron chi connectivity index (χ1n) is 15.9. The summed E-state index contributed by atoms with van der Waals surface area (Å²) in [6.45, 7) is 7.16. The van der Waals surface area contributed by atoms with Crippen LogP contribution in [0.3, 0.4) is 0 Å². The largest absolute Gasteiger partial charge is 0.497 e. The van der Waals surface area contributed by atoms with Gasteiger partial charge in [0.1, 0.15) is 40.0 Å². The van der Waals surface area contributed by atoms with Crippen molar-refractivity contribution in [3.63, 3.8) is 0 Å². The third kappa shape index (κ3) is 9.98. The highest BCUT2D eigenvalue weighted by atomic mass is 35.5. The number of anilines is 2. The number of carbonyl (C=O) groups is 2. The molecule has 13 nitrogen and oxygen atoms in total. The molecule has 2 N–H and O–H groups in total. The molecule has 0 unspecified atom stereocenters. The number of halogens is 3. The zero-order valence-corrected chi connectivity index (χ0v) is 31.7. The van der Waals surface area contributed by atoms with Crippen LogP contribution in [0.5, 0.6) is 11.5 Å². The third-order valence-corrected chi connectivity index (χ3v) is 10.2. The first-order chi connectivity index (χ1) is 24.6. The number of likely N-dealkylation sites (N-methyl/N-ethyl adjacent to an activating group) is 1. The molecule has 1 heterocycles. The van der Waals surface area contributed by atoms with Crippen molar-refractivity contribution in [2.24, 2.45) is 0 Å². The normalized spacial score (nSPS) is 11.5. The summed E-state index contributed by atoms with van der Waals surface area (Å²) >= 11 is 6.93. The first kappa shape index (κ1) is 40.0. The zero-order chi connectivity index (χ0) is 38.2. The van der Waals surface area contributed by atoms with Crippen molar-refractivity contribution in [1.29, 1.82) is 0 Å². The van der Waals surface area contributed by atoms with Gasteiger partial charge in [0, 0.05) is 65.6 Å². The van der Waals surface area contributed by atoms with E-state index in [0.717, 1.165) is 22.2 Å². The Morgan fingerprint density at radius 1 is 1.00 bits per heavy atom. The summed E-state index contributed by atoms with van der Waals surface area (Å²) in [5, 5.41) is 5.87. The van der Waals surface area contributed by atoms with Crippen LogP contribution in [0.1, 0.15) is 49.2 Å². The molecule has 18 heteroatoms. The van der Waals surface area contributed by atoms with E-state index < -0.39 is 50.7 Å². The lowest BCUT2D eigenvalue weighted by Crippen LogP contribution is -2.39. The molecule has 2 amide bonds. The van der Waals surface area contributed by atoms with E-state index in [-0.39, 0.29) is 35.9 Å². The Bertz CT molecular complexity index is 2000. The Balaban J connectivity index is 1.51. The van der Waals surface area contributed by atoms with Gasteiger partial charge in [0.15, 0.2) is 0 Å². The van der Waals surface area contributed by atoms with Gasteiger partial charge in [-0.25, -0.2) is 31.3 Å². The minimum atomic E-state index is -4.75. The van der Waals surface area contributed by atoms with E-state index in [1.165, 1.54) is 37.3 Å². The van der Waals surface area contributed by atoms with Crippen molar-refractivity contribution in [2.75, 3.05) is 43.5 Å². The predicted octanol–water partition coefficient (Wildman–Crippen LogP) is 6.48. The molecular formula is C34H39ClF2N6O7S2. The van der Waals surface area contributed by atoms with Crippen LogP contribution in [-0.4, -0.2) is 74.1 Å². The van der Waals surface area contributed by atoms with E-state index in [1.807, 2.05) is 0 Å². The summed E-state index contributed by atoms with van der Waals surface area (Å²) < 4.78 is 79.6. The molecule has 0 spiro atoms. The third-order valence-electron chi connectivity index (χ3n) is 7.44. The highest BCUT2D eigenvalue weighted by molar-refractivity contribution is 7.93. The second-order valence-corrected chi connectivity index (χ2v) is 15.2. The number of ether oxygens (including phenoxy) is 3. The topological polar surface area (TPSA) is 152 Å². The number of nitrogens with one attached hydrogen (secondary N) is 2.